The highest BCUT2D eigenvalue weighted by Crippen LogP contribution is 2.58. The van der Waals surface area contributed by atoms with Gasteiger partial charge in [0.15, 0.2) is 0 Å². The van der Waals surface area contributed by atoms with Crippen LogP contribution in [0.3, 0.4) is 0 Å². The molecular weight excluding hydrogens is 1380 g/mol. The predicted molar refractivity (Wildman–Crippen MR) is 446 cm³/mol. The van der Waals surface area contributed by atoms with E-state index >= 15 is 22.0 Å². The lowest BCUT2D eigenvalue weighted by Crippen LogP contribution is -2.65. The van der Waals surface area contributed by atoms with Crippen molar-refractivity contribution in [2.75, 3.05) is 24.5 Å². The average Bonchev–Trinajstić information content (AvgIpc) is 0.677. The molecule has 4 aliphatic rings. The van der Waals surface area contributed by atoms with Crippen molar-refractivity contribution in [3.63, 3.8) is 0 Å². The number of nitrogens with zero attached hydrogens (tertiary/aromatic N) is 5. The third-order valence-electron chi connectivity index (χ3n) is 21.7. The van der Waals surface area contributed by atoms with Crippen LogP contribution < -0.4 is 57.3 Å². The van der Waals surface area contributed by atoms with E-state index in [9.17, 15) is 0 Å². The van der Waals surface area contributed by atoms with Gasteiger partial charge in [-0.1, -0.05) is 290 Å². The molecule has 13 heteroatoms. The molecule has 522 valence electrons. The van der Waals surface area contributed by atoms with Crippen molar-refractivity contribution < 1.29 is 22.0 Å². The molecule has 16 aromatic rings. The van der Waals surface area contributed by atoms with Crippen molar-refractivity contribution in [2.24, 2.45) is 0 Å². The fourth-order valence-corrected chi connectivity index (χ4v) is 18.7. The van der Waals surface area contributed by atoms with Gasteiger partial charge in [0.05, 0.1) is 34.0 Å². The molecule has 4 aliphatic heterocycles. The molecule has 16 aromatic carbocycles. The van der Waals surface area contributed by atoms with E-state index in [4.69, 9.17) is 0 Å². The van der Waals surface area contributed by atoms with Gasteiger partial charge < -0.3 is 24.5 Å². The summed E-state index contributed by atoms with van der Waals surface area (Å²) in [7, 11) is 0. The van der Waals surface area contributed by atoms with Crippen LogP contribution in [0.15, 0.2) is 386 Å². The van der Waals surface area contributed by atoms with Crippen LogP contribution >= 0.6 is 11.8 Å². The fourth-order valence-electron chi connectivity index (χ4n) is 17.3. The molecule has 5 nitrogen and oxygen atoms in total. The first-order chi connectivity index (χ1) is 54.1. The van der Waals surface area contributed by atoms with E-state index in [-0.39, 0.29) is 22.0 Å². The van der Waals surface area contributed by atoms with E-state index in [0.29, 0.717) is 32.7 Å². The fraction of sp³-hybridized carbons (Fsp3) is 0.0103. The number of para-hydroxylation sites is 8. The molecule has 0 saturated carbocycles. The third-order valence-corrected chi connectivity index (χ3v) is 22.9. The van der Waals surface area contributed by atoms with Crippen molar-refractivity contribution in [3.8, 4) is 44.5 Å². The number of benzene rings is 16. The zero-order valence-corrected chi connectivity index (χ0v) is 59.8. The third kappa shape index (κ3) is 10.9. The molecule has 0 N–H and O–H groups in total. The minimum atomic E-state index is -5.15. The summed E-state index contributed by atoms with van der Waals surface area (Å²) >= 11 is 1.09. The van der Waals surface area contributed by atoms with Crippen molar-refractivity contribution in [2.45, 2.75) is 16.0 Å². The minimum Gasteiger partial charge on any atom is -0.311 e. The maximum atomic E-state index is 18.7. The molecule has 0 saturated heterocycles. The molecule has 0 radical (unpaired) electrons. The van der Waals surface area contributed by atoms with Crippen LogP contribution in [0.25, 0.3) is 44.5 Å². The zero-order chi connectivity index (χ0) is 73.7. The Morgan fingerprint density at radius 3 is 1.18 bits per heavy atom. The Morgan fingerprint density at radius 2 is 0.691 bits per heavy atom. The van der Waals surface area contributed by atoms with Gasteiger partial charge in [0.1, 0.15) is 11.6 Å². The van der Waals surface area contributed by atoms with Crippen molar-refractivity contribution in [1.29, 1.82) is 0 Å². The van der Waals surface area contributed by atoms with Gasteiger partial charge in [0, 0.05) is 95.0 Å². The number of rotatable bonds is 13. The Hall–Kier alpha value is -13.4. The number of hydrogen-bond donors (Lipinski definition) is 0. The normalized spacial score (nSPS) is 12.8. The first kappa shape index (κ1) is 66.1. The summed E-state index contributed by atoms with van der Waals surface area (Å²) in [5, 5.41) is 0. The maximum absolute atomic E-state index is 18.7. The van der Waals surface area contributed by atoms with E-state index in [0.717, 1.165) is 142 Å². The second kappa shape index (κ2) is 26.8. The molecule has 0 aliphatic carbocycles. The summed E-state index contributed by atoms with van der Waals surface area (Å²) in [6.45, 7) is -1.75. The molecule has 0 unspecified atom stereocenters. The van der Waals surface area contributed by atoms with Crippen molar-refractivity contribution in [1.82, 2.24) is 0 Å². The van der Waals surface area contributed by atoms with Gasteiger partial charge in [-0.25, -0.2) is 8.78 Å². The number of anilines is 15. The van der Waals surface area contributed by atoms with Crippen LogP contribution in [-0.4, -0.2) is 13.4 Å². The van der Waals surface area contributed by atoms with Gasteiger partial charge >= 0.3 is 6.18 Å². The smallest absolute Gasteiger partial charge is 0.311 e. The molecule has 20 rings (SSSR count). The highest BCUT2D eigenvalue weighted by molar-refractivity contribution is 8.00. The quantitative estimate of drug-likeness (QED) is 0.0839. The first-order valence-electron chi connectivity index (χ1n) is 36.7. The molecule has 0 fully saturated rings. The summed E-state index contributed by atoms with van der Waals surface area (Å²) in [6.07, 6.45) is -5.15. The number of fused-ring (bicyclic) bond motifs is 8. The van der Waals surface area contributed by atoms with E-state index in [2.05, 4.69) is 147 Å². The van der Waals surface area contributed by atoms with E-state index in [1.165, 1.54) is 11.0 Å². The van der Waals surface area contributed by atoms with Gasteiger partial charge in [0.2, 0.25) is 6.71 Å². The van der Waals surface area contributed by atoms with E-state index < -0.39 is 36.8 Å². The van der Waals surface area contributed by atoms with Crippen LogP contribution in [0.5, 0.6) is 0 Å². The van der Waals surface area contributed by atoms with Gasteiger partial charge in [0.25, 0.3) is 6.71 Å². The number of halogens is 5. The molecule has 0 aromatic heterocycles. The van der Waals surface area contributed by atoms with Crippen LogP contribution in [0.2, 0.25) is 0 Å². The van der Waals surface area contributed by atoms with Crippen molar-refractivity contribution >= 4 is 143 Å². The summed E-state index contributed by atoms with van der Waals surface area (Å²) in [5.74, 6) is -1.93. The van der Waals surface area contributed by atoms with Crippen LogP contribution in [-0.2, 0) is 6.18 Å². The Balaban J connectivity index is 0.944. The monoisotopic (exact) mass is 1450 g/mol. The summed E-state index contributed by atoms with van der Waals surface area (Å²) in [4.78, 5) is 11.0. The lowest BCUT2D eigenvalue weighted by atomic mass is 9.30. The molecule has 0 spiro atoms. The Morgan fingerprint density at radius 1 is 0.291 bits per heavy atom. The van der Waals surface area contributed by atoms with E-state index in [1.807, 2.05) is 231 Å². The van der Waals surface area contributed by atoms with Crippen LogP contribution in [0.4, 0.5) is 107 Å². The SMILES string of the molecule is Fc1ccc(N2c3cc(N(c4ccccc4)c4c(-c5ccccc5)cccc4-c4ccccc4)cc4c3B(c3ccccc3N4c3c(-c4ccccc4)cccc3-c3ccccc3)c3cc4c(c(C(F)(F)F)c32)Sc2cc(N(c3ccccc3)c3ccccc3)cc3c2B4c2ccccc2N3c2ccccc2)c(F)c1. The lowest BCUT2D eigenvalue weighted by molar-refractivity contribution is -0.139. The minimum absolute atomic E-state index is 0.0247. The van der Waals surface area contributed by atoms with Crippen LogP contribution in [0, 0.1) is 11.6 Å². The topological polar surface area (TPSA) is 16.2 Å². The lowest BCUT2D eigenvalue weighted by Gasteiger charge is -2.47. The summed E-state index contributed by atoms with van der Waals surface area (Å²) in [6, 6.07) is 124. The Labute approximate surface area is 639 Å². The second-order valence-corrected chi connectivity index (χ2v) is 29.0. The number of hydrogen-bond acceptors (Lipinski definition) is 6. The van der Waals surface area contributed by atoms with Crippen molar-refractivity contribution in [3.05, 3.63) is 393 Å². The summed E-state index contributed by atoms with van der Waals surface area (Å²) < 4.78 is 90.8. The van der Waals surface area contributed by atoms with Gasteiger partial charge in [-0.05, 0) is 147 Å². The highest BCUT2D eigenvalue weighted by atomic mass is 32.2. The average molecular weight is 1450 g/mol. The largest absolute Gasteiger partial charge is 0.419 e. The molecule has 4 heterocycles. The van der Waals surface area contributed by atoms with Gasteiger partial charge in [-0.3, -0.25) is 0 Å². The molecule has 0 atom stereocenters. The Bertz CT molecular complexity index is 6090. The van der Waals surface area contributed by atoms with Crippen LogP contribution in [0.1, 0.15) is 5.56 Å². The van der Waals surface area contributed by atoms with Gasteiger partial charge in [-0.2, -0.15) is 13.2 Å². The first-order valence-corrected chi connectivity index (χ1v) is 37.6. The summed E-state index contributed by atoms with van der Waals surface area (Å²) in [5.41, 5.74) is 18.9. The number of alkyl halides is 3. The second-order valence-electron chi connectivity index (χ2n) is 27.9. The van der Waals surface area contributed by atoms with Gasteiger partial charge in [-0.15, -0.1) is 0 Å². The molecule has 110 heavy (non-hydrogen) atoms. The predicted octanol–water partition coefficient (Wildman–Crippen LogP) is 23.4. The molecule has 0 bridgehead atoms. The molecule has 0 amide bonds. The maximum Gasteiger partial charge on any atom is 0.419 e. The Kier molecular flexibility index (Phi) is 16.1. The standard InChI is InChI=1S/C97H62B2F5N5S/c100-67-55-56-85(82(101)57-67)109-87-59-72(106(70-43-21-7-22-44-70)93-74(63-31-9-1-10-32-63)47-29-48-75(93)64-33-11-2-12-34-64)58-86-91(87)98(79-52-26-28-54-84(79)108(86)94-76(65-35-13-3-14-36-65)49-30-50-77(94)66-37-15-4-16-38-66)80-62-81-96(90(95(80)109)97(102,103)104)110-89-61-73(105(68-39-17-5-18-40-68)69-41-19-6-20-42-69)60-88-92(89)99(81)78-51-25-27-53-83(78)107(88)71-45-23-8-24-46-71/h1-62H. The highest BCUT2D eigenvalue weighted by Gasteiger charge is 2.53. The molecular formula is C97H62B2F5N5S. The van der Waals surface area contributed by atoms with E-state index in [1.54, 1.807) is 0 Å². The zero-order valence-electron chi connectivity index (χ0n) is 59.0.